The summed E-state index contributed by atoms with van der Waals surface area (Å²) in [6.45, 7) is 4.99. The number of dihydropyridines is 1. The number of hydrogen-bond acceptors (Lipinski definition) is 6. The van der Waals surface area contributed by atoms with E-state index < -0.39 is 22.8 Å². The number of carboxylic acid groups (broad SMARTS) is 1. The average molecular weight is 346 g/mol. The zero-order valence-electron chi connectivity index (χ0n) is 14.0. The molecular weight excluding hydrogens is 328 g/mol. The summed E-state index contributed by atoms with van der Waals surface area (Å²) in [6, 6.07) is 5.61. The van der Waals surface area contributed by atoms with E-state index in [1.165, 1.54) is 18.2 Å². The Kier molecular flexibility index (Phi) is 5.21. The summed E-state index contributed by atoms with van der Waals surface area (Å²) >= 11 is 0. The SMILES string of the molecule is CCOC(=O)C1=C(C)NC(C)=C(C(=O)O)[C@H]1c1cccc([N+](=O)[O-])c1. The third-order valence-electron chi connectivity index (χ3n) is 3.90. The maximum absolute atomic E-state index is 12.4. The van der Waals surface area contributed by atoms with Crippen LogP contribution >= 0.6 is 0 Å². The summed E-state index contributed by atoms with van der Waals surface area (Å²) in [7, 11) is 0. The number of nitrogens with one attached hydrogen (secondary N) is 1. The standard InChI is InChI=1S/C17H18N2O6/c1-4-25-17(22)14-10(3)18-9(2)13(16(20)21)15(14)11-6-5-7-12(8-11)19(23)24/h5-8,15,18H,4H2,1-3H3,(H,20,21)/t15-/m1/s1. The molecule has 0 unspecified atom stereocenters. The summed E-state index contributed by atoms with van der Waals surface area (Å²) in [5.41, 5.74) is 1.07. The largest absolute Gasteiger partial charge is 0.478 e. The number of rotatable bonds is 5. The van der Waals surface area contributed by atoms with Gasteiger partial charge >= 0.3 is 11.9 Å². The van der Waals surface area contributed by atoms with E-state index >= 15 is 0 Å². The Morgan fingerprint density at radius 3 is 2.48 bits per heavy atom. The third-order valence-corrected chi connectivity index (χ3v) is 3.90. The van der Waals surface area contributed by atoms with E-state index in [1.807, 2.05) is 0 Å². The van der Waals surface area contributed by atoms with Crippen molar-refractivity contribution >= 4 is 17.6 Å². The van der Waals surface area contributed by atoms with Gasteiger partial charge in [-0.25, -0.2) is 9.59 Å². The number of carbonyl (C=O) groups excluding carboxylic acids is 1. The number of non-ortho nitro benzene ring substituents is 1. The minimum absolute atomic E-state index is 0.0471. The molecule has 8 heteroatoms. The molecule has 0 bridgehead atoms. The van der Waals surface area contributed by atoms with E-state index in [2.05, 4.69) is 5.32 Å². The highest BCUT2D eigenvalue weighted by Gasteiger charge is 2.37. The lowest BCUT2D eigenvalue weighted by molar-refractivity contribution is -0.384. The van der Waals surface area contributed by atoms with Crippen LogP contribution < -0.4 is 5.32 Å². The van der Waals surface area contributed by atoms with Gasteiger partial charge in [-0.05, 0) is 26.3 Å². The maximum Gasteiger partial charge on any atom is 0.336 e. The van der Waals surface area contributed by atoms with Gasteiger partial charge in [0, 0.05) is 23.5 Å². The molecule has 0 amide bonds. The fourth-order valence-corrected chi connectivity index (χ4v) is 2.91. The van der Waals surface area contributed by atoms with Gasteiger partial charge < -0.3 is 15.2 Å². The predicted octanol–water partition coefficient (Wildman–Crippen LogP) is 2.48. The number of carbonyl (C=O) groups is 2. The van der Waals surface area contributed by atoms with Gasteiger partial charge in [-0.3, -0.25) is 10.1 Å². The Morgan fingerprint density at radius 2 is 1.92 bits per heavy atom. The molecule has 0 radical (unpaired) electrons. The van der Waals surface area contributed by atoms with Crippen LogP contribution in [0.2, 0.25) is 0 Å². The van der Waals surface area contributed by atoms with Crippen LogP contribution in [0.3, 0.4) is 0 Å². The number of ether oxygens (including phenoxy) is 1. The van der Waals surface area contributed by atoms with Crippen molar-refractivity contribution in [3.05, 3.63) is 62.5 Å². The minimum Gasteiger partial charge on any atom is -0.478 e. The summed E-state index contributed by atoms with van der Waals surface area (Å²) in [6.07, 6.45) is 0. The lowest BCUT2D eigenvalue weighted by Crippen LogP contribution is -2.31. The van der Waals surface area contributed by atoms with Crippen molar-refractivity contribution in [3.63, 3.8) is 0 Å². The van der Waals surface area contributed by atoms with Crippen molar-refractivity contribution in [2.24, 2.45) is 0 Å². The Bertz CT molecular complexity index is 809. The van der Waals surface area contributed by atoms with Gasteiger partial charge in [0.15, 0.2) is 0 Å². The second kappa shape index (κ2) is 7.16. The molecule has 0 saturated carbocycles. The van der Waals surface area contributed by atoms with Gasteiger partial charge in [0.2, 0.25) is 0 Å². The highest BCUT2D eigenvalue weighted by molar-refractivity contribution is 5.99. The maximum atomic E-state index is 12.4. The Labute approximate surface area is 143 Å². The topological polar surface area (TPSA) is 119 Å². The van der Waals surface area contributed by atoms with Gasteiger partial charge in [-0.1, -0.05) is 12.1 Å². The first-order valence-corrected chi connectivity index (χ1v) is 7.61. The smallest absolute Gasteiger partial charge is 0.336 e. The molecule has 132 valence electrons. The molecule has 0 aromatic heterocycles. The molecule has 1 heterocycles. The number of benzene rings is 1. The van der Waals surface area contributed by atoms with Crippen LogP contribution in [0.4, 0.5) is 5.69 Å². The third kappa shape index (κ3) is 3.52. The molecule has 25 heavy (non-hydrogen) atoms. The molecule has 0 fully saturated rings. The molecule has 2 rings (SSSR count). The first kappa shape index (κ1) is 18.2. The van der Waals surface area contributed by atoms with E-state index in [0.717, 1.165) is 0 Å². The molecule has 8 nitrogen and oxygen atoms in total. The number of nitrogens with zero attached hydrogens (tertiary/aromatic N) is 1. The second-order valence-corrected chi connectivity index (χ2v) is 5.51. The lowest BCUT2D eigenvalue weighted by Gasteiger charge is -2.29. The van der Waals surface area contributed by atoms with Gasteiger partial charge in [-0.2, -0.15) is 0 Å². The molecule has 1 aromatic carbocycles. The summed E-state index contributed by atoms with van der Waals surface area (Å²) < 4.78 is 5.06. The predicted molar refractivity (Wildman–Crippen MR) is 88.6 cm³/mol. The van der Waals surface area contributed by atoms with E-state index in [4.69, 9.17) is 4.74 Å². The van der Waals surface area contributed by atoms with Crippen molar-refractivity contribution < 1.29 is 24.4 Å². The van der Waals surface area contributed by atoms with Crippen LogP contribution in [0.1, 0.15) is 32.3 Å². The van der Waals surface area contributed by atoms with Gasteiger partial charge in [-0.15, -0.1) is 0 Å². The first-order valence-electron chi connectivity index (χ1n) is 7.61. The number of hydrogen-bond donors (Lipinski definition) is 2. The second-order valence-electron chi connectivity index (χ2n) is 5.51. The summed E-state index contributed by atoms with van der Waals surface area (Å²) in [4.78, 5) is 34.7. The number of carboxylic acids is 1. The summed E-state index contributed by atoms with van der Waals surface area (Å²) in [5.74, 6) is -2.83. The van der Waals surface area contributed by atoms with Gasteiger partial charge in [0.25, 0.3) is 5.69 Å². The van der Waals surface area contributed by atoms with E-state index in [-0.39, 0.29) is 23.4 Å². The Morgan fingerprint density at radius 1 is 1.28 bits per heavy atom. The fourth-order valence-electron chi connectivity index (χ4n) is 2.91. The quantitative estimate of drug-likeness (QED) is 0.477. The zero-order chi connectivity index (χ0) is 18.7. The highest BCUT2D eigenvalue weighted by Crippen LogP contribution is 2.39. The minimum atomic E-state index is -1.21. The molecule has 1 aliphatic heterocycles. The van der Waals surface area contributed by atoms with Crippen LogP contribution in [0.5, 0.6) is 0 Å². The number of allylic oxidation sites excluding steroid dienone is 2. The zero-order valence-corrected chi connectivity index (χ0v) is 14.0. The Balaban J connectivity index is 2.69. The van der Waals surface area contributed by atoms with E-state index in [1.54, 1.807) is 26.8 Å². The number of esters is 1. The molecule has 0 spiro atoms. The van der Waals surface area contributed by atoms with E-state index in [9.17, 15) is 24.8 Å². The monoisotopic (exact) mass is 346 g/mol. The van der Waals surface area contributed by atoms with Crippen molar-refractivity contribution in [2.45, 2.75) is 26.7 Å². The number of nitro benzene ring substituents is 1. The lowest BCUT2D eigenvalue weighted by atomic mass is 9.80. The highest BCUT2D eigenvalue weighted by atomic mass is 16.6. The molecule has 0 aliphatic carbocycles. The van der Waals surface area contributed by atoms with Crippen molar-refractivity contribution in [1.29, 1.82) is 0 Å². The van der Waals surface area contributed by atoms with Gasteiger partial charge in [0.1, 0.15) is 0 Å². The molecule has 1 aromatic rings. The van der Waals surface area contributed by atoms with Crippen LogP contribution in [-0.4, -0.2) is 28.6 Å². The molecule has 2 N–H and O–H groups in total. The van der Waals surface area contributed by atoms with Crippen molar-refractivity contribution in [1.82, 2.24) is 5.32 Å². The Hall–Kier alpha value is -3.16. The number of aliphatic carboxylic acids is 1. The van der Waals surface area contributed by atoms with Crippen LogP contribution in [0, 0.1) is 10.1 Å². The molecular formula is C17H18N2O6. The summed E-state index contributed by atoms with van der Waals surface area (Å²) in [5, 5.41) is 23.6. The molecule has 0 saturated heterocycles. The first-order chi connectivity index (χ1) is 11.8. The average Bonchev–Trinajstić information content (AvgIpc) is 2.53. The fraction of sp³-hybridized carbons (Fsp3) is 0.294. The van der Waals surface area contributed by atoms with Crippen LogP contribution in [-0.2, 0) is 14.3 Å². The van der Waals surface area contributed by atoms with E-state index in [0.29, 0.717) is 17.0 Å². The van der Waals surface area contributed by atoms with Crippen LogP contribution in [0.15, 0.2) is 46.8 Å². The molecule has 1 atom stereocenters. The van der Waals surface area contributed by atoms with Crippen molar-refractivity contribution in [2.75, 3.05) is 6.61 Å². The number of nitro groups is 1. The van der Waals surface area contributed by atoms with Crippen LogP contribution in [0.25, 0.3) is 0 Å². The normalized spacial score (nSPS) is 17.2. The molecule has 1 aliphatic rings. The van der Waals surface area contributed by atoms with Gasteiger partial charge in [0.05, 0.1) is 28.6 Å². The van der Waals surface area contributed by atoms with Crippen molar-refractivity contribution in [3.8, 4) is 0 Å².